The van der Waals surface area contributed by atoms with Gasteiger partial charge in [0.05, 0.1) is 18.1 Å². The lowest BCUT2D eigenvalue weighted by atomic mass is 9.59. The van der Waals surface area contributed by atoms with Crippen LogP contribution < -0.4 is 5.32 Å². The number of aliphatic hydroxyl groups excluding tert-OH is 2. The van der Waals surface area contributed by atoms with Crippen LogP contribution in [0, 0.1) is 23.7 Å². The molecule has 188 valence electrons. The summed E-state index contributed by atoms with van der Waals surface area (Å²) in [6.07, 6.45) is 8.32. The van der Waals surface area contributed by atoms with Crippen LogP contribution in [0.25, 0.3) is 0 Å². The highest BCUT2D eigenvalue weighted by Gasteiger charge is 2.67. The van der Waals surface area contributed by atoms with E-state index in [-0.39, 0.29) is 17.9 Å². The minimum Gasteiger partial charge on any atom is -0.445 e. The van der Waals surface area contributed by atoms with Gasteiger partial charge < -0.3 is 20.3 Å². The Morgan fingerprint density at radius 3 is 2.57 bits per heavy atom. The number of rotatable bonds is 2. The van der Waals surface area contributed by atoms with E-state index in [0.29, 0.717) is 30.8 Å². The van der Waals surface area contributed by atoms with Crippen molar-refractivity contribution in [2.75, 3.05) is 0 Å². The van der Waals surface area contributed by atoms with Crippen molar-refractivity contribution in [2.24, 2.45) is 23.7 Å². The molecule has 6 heteroatoms. The van der Waals surface area contributed by atoms with Crippen molar-refractivity contribution in [2.45, 2.75) is 69.8 Å². The number of hydrogen-bond donors (Lipinski definition) is 3. The molecular weight excluding hydrogens is 442 g/mol. The van der Waals surface area contributed by atoms with Gasteiger partial charge in [0.25, 0.3) is 5.91 Å². The molecule has 1 unspecified atom stereocenters. The summed E-state index contributed by atoms with van der Waals surface area (Å²) in [5, 5.41) is 24.7. The van der Waals surface area contributed by atoms with E-state index in [9.17, 15) is 19.8 Å². The second-order valence-corrected chi connectivity index (χ2v) is 10.5. The summed E-state index contributed by atoms with van der Waals surface area (Å²) in [4.78, 5) is 26.7. The van der Waals surface area contributed by atoms with Crippen LogP contribution in [0.5, 0.6) is 0 Å². The first-order valence-electron chi connectivity index (χ1n) is 12.7. The van der Waals surface area contributed by atoms with Crippen LogP contribution in [0.1, 0.15) is 45.1 Å². The third kappa shape index (κ3) is 5.00. The van der Waals surface area contributed by atoms with Crippen molar-refractivity contribution in [3.63, 3.8) is 0 Å². The van der Waals surface area contributed by atoms with Crippen molar-refractivity contribution in [3.8, 4) is 0 Å². The molecule has 1 saturated carbocycles. The fourth-order valence-electron chi connectivity index (χ4n) is 6.05. The highest BCUT2D eigenvalue weighted by molar-refractivity contribution is 5.94. The van der Waals surface area contributed by atoms with Gasteiger partial charge in [0, 0.05) is 18.0 Å². The number of ether oxygens (including phenoxy) is 1. The van der Waals surface area contributed by atoms with Gasteiger partial charge in [-0.3, -0.25) is 4.79 Å². The SMILES string of the molecule is C=C1[C@@H](C)[C@H]2[C@H](Cc3ccccc3)NC(=O)[C@]23OC(=O)C=CCC(O)CC[C@@H](C)CC=C[C@H]3[C@@H]1O. The maximum Gasteiger partial charge on any atom is 0.331 e. The van der Waals surface area contributed by atoms with Crippen LogP contribution >= 0.6 is 0 Å². The molecule has 8 atom stereocenters. The van der Waals surface area contributed by atoms with Crippen molar-refractivity contribution in [1.29, 1.82) is 0 Å². The summed E-state index contributed by atoms with van der Waals surface area (Å²) in [6, 6.07) is 9.62. The number of esters is 1. The monoisotopic (exact) mass is 479 g/mol. The fraction of sp³-hybridized carbons (Fsp3) is 0.517. The number of hydrogen-bond acceptors (Lipinski definition) is 5. The molecule has 2 fully saturated rings. The lowest BCUT2D eigenvalue weighted by Gasteiger charge is -2.49. The largest absolute Gasteiger partial charge is 0.445 e. The van der Waals surface area contributed by atoms with Crippen molar-refractivity contribution in [3.05, 3.63) is 72.4 Å². The minimum atomic E-state index is -1.55. The van der Waals surface area contributed by atoms with Gasteiger partial charge in [-0.05, 0) is 55.1 Å². The fourth-order valence-corrected chi connectivity index (χ4v) is 6.05. The summed E-state index contributed by atoms with van der Waals surface area (Å²) < 4.78 is 6.07. The number of amides is 1. The van der Waals surface area contributed by atoms with Crippen LogP contribution in [0.3, 0.4) is 0 Å². The summed E-state index contributed by atoms with van der Waals surface area (Å²) in [6.45, 7) is 8.25. The van der Waals surface area contributed by atoms with Crippen LogP contribution in [0.2, 0.25) is 0 Å². The molecule has 3 N–H and O–H groups in total. The summed E-state index contributed by atoms with van der Waals surface area (Å²) in [5.74, 6) is -2.08. The minimum absolute atomic E-state index is 0.251. The zero-order valence-electron chi connectivity index (χ0n) is 20.6. The molecule has 1 aromatic carbocycles. The predicted molar refractivity (Wildman–Crippen MR) is 134 cm³/mol. The molecule has 0 bridgehead atoms. The van der Waals surface area contributed by atoms with Gasteiger partial charge in [-0.15, -0.1) is 0 Å². The standard InChI is InChI=1S/C29H37NO5/c1-18-9-7-13-23-27(33)20(3)19(2)26-24(17-21-10-5-4-6-11-21)30-28(34)29(23,26)35-25(32)14-8-12-22(31)16-15-18/h4-8,10-11,13-14,18-19,22-24,26-27,31,33H,3,9,12,15-17H2,1-2H3,(H,30,34)/t18-,19+,22?,23-,24-,26-,27+,29+/m0/s1. The molecule has 6 nitrogen and oxygen atoms in total. The molecule has 1 aromatic rings. The Labute approximate surface area is 207 Å². The normalized spacial score (nSPS) is 38.2. The number of carbonyl (C=O) groups is 2. The first-order valence-corrected chi connectivity index (χ1v) is 12.7. The van der Waals surface area contributed by atoms with E-state index in [2.05, 4.69) is 18.8 Å². The second-order valence-electron chi connectivity index (χ2n) is 10.5. The van der Waals surface area contributed by atoms with E-state index >= 15 is 0 Å². The van der Waals surface area contributed by atoms with Gasteiger partial charge in [0.15, 0.2) is 0 Å². The summed E-state index contributed by atoms with van der Waals surface area (Å²) >= 11 is 0. The third-order valence-corrected chi connectivity index (χ3v) is 8.04. The van der Waals surface area contributed by atoms with Crippen molar-refractivity contribution < 1.29 is 24.5 Å². The highest BCUT2D eigenvalue weighted by atomic mass is 16.6. The molecule has 0 aromatic heterocycles. The van der Waals surface area contributed by atoms with Crippen molar-refractivity contribution >= 4 is 11.9 Å². The average Bonchev–Trinajstić information content (AvgIpc) is 3.09. The Kier molecular flexibility index (Phi) is 7.62. The molecule has 35 heavy (non-hydrogen) atoms. The topological polar surface area (TPSA) is 95.9 Å². The highest BCUT2D eigenvalue weighted by Crippen LogP contribution is 2.52. The van der Waals surface area contributed by atoms with Gasteiger partial charge in [0.1, 0.15) is 0 Å². The Balaban J connectivity index is 1.77. The maximum atomic E-state index is 13.7. The maximum absolute atomic E-state index is 13.7. The zero-order chi connectivity index (χ0) is 25.2. The van der Waals surface area contributed by atoms with Gasteiger partial charge >= 0.3 is 5.97 Å². The van der Waals surface area contributed by atoms with Gasteiger partial charge in [0.2, 0.25) is 5.60 Å². The first-order chi connectivity index (χ1) is 16.7. The van der Waals surface area contributed by atoms with Crippen LogP contribution in [-0.2, 0) is 20.7 Å². The summed E-state index contributed by atoms with van der Waals surface area (Å²) in [7, 11) is 0. The molecule has 2 heterocycles. The van der Waals surface area contributed by atoms with E-state index in [4.69, 9.17) is 4.74 Å². The number of benzene rings is 1. The van der Waals surface area contributed by atoms with Crippen LogP contribution in [0.15, 0.2) is 66.8 Å². The molecule has 0 radical (unpaired) electrons. The quantitative estimate of drug-likeness (QED) is 0.446. The molecule has 4 rings (SSSR count). The van der Waals surface area contributed by atoms with Gasteiger partial charge in [-0.2, -0.15) is 0 Å². The van der Waals surface area contributed by atoms with E-state index in [0.717, 1.165) is 18.4 Å². The number of nitrogens with one attached hydrogen (secondary N) is 1. The zero-order valence-corrected chi connectivity index (χ0v) is 20.6. The molecule has 1 spiro atoms. The number of allylic oxidation sites excluding steroid dienone is 1. The second kappa shape index (κ2) is 10.5. The Morgan fingerprint density at radius 2 is 1.83 bits per heavy atom. The lowest BCUT2D eigenvalue weighted by molar-refractivity contribution is -0.182. The molecular formula is C29H37NO5. The molecule has 1 saturated heterocycles. The lowest BCUT2D eigenvalue weighted by Crippen LogP contribution is -2.61. The Bertz CT molecular complexity index is 1000. The number of aliphatic hydroxyl groups is 2. The van der Waals surface area contributed by atoms with Crippen LogP contribution in [-0.4, -0.2) is 45.9 Å². The smallest absolute Gasteiger partial charge is 0.331 e. The van der Waals surface area contributed by atoms with E-state index in [1.807, 2.05) is 49.4 Å². The van der Waals surface area contributed by atoms with Gasteiger partial charge in [-0.25, -0.2) is 4.79 Å². The summed E-state index contributed by atoms with van der Waals surface area (Å²) in [5.41, 5.74) is 0.170. The van der Waals surface area contributed by atoms with E-state index in [1.54, 1.807) is 6.08 Å². The first kappa shape index (κ1) is 25.4. The number of carbonyl (C=O) groups excluding carboxylic acids is 2. The molecule has 2 aliphatic heterocycles. The van der Waals surface area contributed by atoms with Crippen LogP contribution in [0.4, 0.5) is 0 Å². The van der Waals surface area contributed by atoms with E-state index in [1.165, 1.54) is 6.08 Å². The molecule has 1 amide bonds. The predicted octanol–water partition coefficient (Wildman–Crippen LogP) is 3.49. The van der Waals surface area contributed by atoms with E-state index < -0.39 is 35.6 Å². The third-order valence-electron chi connectivity index (χ3n) is 8.04. The Morgan fingerprint density at radius 1 is 1.09 bits per heavy atom. The van der Waals surface area contributed by atoms with Gasteiger partial charge in [-0.1, -0.05) is 69.0 Å². The molecule has 1 aliphatic carbocycles. The van der Waals surface area contributed by atoms with Crippen molar-refractivity contribution in [1.82, 2.24) is 5.32 Å². The average molecular weight is 480 g/mol. The Hall–Kier alpha value is -2.70. The molecule has 3 aliphatic rings.